The lowest BCUT2D eigenvalue weighted by molar-refractivity contribution is -0.161. The normalized spacial score (nSPS) is 11.4. The minimum atomic E-state index is -3.68. The molecular formula is C3H4F2O2S. The van der Waals surface area contributed by atoms with Crippen LogP contribution in [-0.2, 0) is 4.79 Å². The molecule has 48 valence electrons. The van der Waals surface area contributed by atoms with Gasteiger partial charge in [0.25, 0.3) is 0 Å². The van der Waals surface area contributed by atoms with Gasteiger partial charge in [0.2, 0.25) is 0 Å². The third-order valence-corrected chi connectivity index (χ3v) is 0.909. The third-order valence-electron chi connectivity index (χ3n) is 0.511. The summed E-state index contributed by atoms with van der Waals surface area (Å²) in [6.45, 7) is 0. The molecule has 2 nitrogen and oxygen atoms in total. The maximum Gasteiger partial charge on any atom is 0.375 e. The van der Waals surface area contributed by atoms with E-state index in [9.17, 15) is 13.6 Å². The van der Waals surface area contributed by atoms with E-state index < -0.39 is 17.6 Å². The zero-order valence-electron chi connectivity index (χ0n) is 3.77. The highest BCUT2D eigenvalue weighted by molar-refractivity contribution is 7.80. The van der Waals surface area contributed by atoms with E-state index in [0.29, 0.717) is 0 Å². The number of hydrogen-bond acceptors (Lipinski definition) is 2. The molecule has 0 aromatic rings. The lowest BCUT2D eigenvalue weighted by Crippen LogP contribution is -2.29. The number of thiol groups is 1. The lowest BCUT2D eigenvalue weighted by atomic mass is 10.4. The van der Waals surface area contributed by atoms with Crippen LogP contribution in [0.15, 0.2) is 0 Å². The van der Waals surface area contributed by atoms with Gasteiger partial charge in [0.15, 0.2) is 0 Å². The largest absolute Gasteiger partial charge is 0.477 e. The molecule has 0 unspecified atom stereocenters. The Kier molecular flexibility index (Phi) is 2.21. The molecule has 0 aliphatic heterocycles. The Hall–Kier alpha value is -0.320. The fourth-order valence-corrected chi connectivity index (χ4v) is 0.203. The Bertz CT molecular complexity index is 103. The van der Waals surface area contributed by atoms with Crippen LogP contribution in [0.3, 0.4) is 0 Å². The van der Waals surface area contributed by atoms with E-state index in [4.69, 9.17) is 5.11 Å². The van der Waals surface area contributed by atoms with Gasteiger partial charge < -0.3 is 5.11 Å². The summed E-state index contributed by atoms with van der Waals surface area (Å²) in [4.78, 5) is 9.45. The van der Waals surface area contributed by atoms with Gasteiger partial charge in [0, 0.05) is 0 Å². The molecule has 0 rings (SSSR count). The lowest BCUT2D eigenvalue weighted by Gasteiger charge is -2.04. The number of alkyl halides is 2. The van der Waals surface area contributed by atoms with Crippen LogP contribution in [0.5, 0.6) is 0 Å². The van der Waals surface area contributed by atoms with Gasteiger partial charge >= 0.3 is 11.9 Å². The predicted molar refractivity (Wildman–Crippen MR) is 26.4 cm³/mol. The molecule has 0 aromatic heterocycles. The maximum atomic E-state index is 11.6. The van der Waals surface area contributed by atoms with Gasteiger partial charge in [0.1, 0.15) is 0 Å². The van der Waals surface area contributed by atoms with Crippen LogP contribution in [-0.4, -0.2) is 22.8 Å². The number of hydrogen-bond donors (Lipinski definition) is 2. The minimum Gasteiger partial charge on any atom is -0.477 e. The molecule has 0 aliphatic carbocycles. The number of rotatable bonds is 2. The summed E-state index contributed by atoms with van der Waals surface area (Å²) >= 11 is 3.11. The molecule has 0 radical (unpaired) electrons. The van der Waals surface area contributed by atoms with Gasteiger partial charge in [-0.3, -0.25) is 0 Å². The Morgan fingerprint density at radius 1 is 1.75 bits per heavy atom. The molecule has 0 saturated heterocycles. The molecular weight excluding hydrogens is 138 g/mol. The molecule has 0 atom stereocenters. The zero-order valence-corrected chi connectivity index (χ0v) is 4.66. The molecule has 0 aliphatic rings. The van der Waals surface area contributed by atoms with Crippen LogP contribution in [0.1, 0.15) is 0 Å². The van der Waals surface area contributed by atoms with Gasteiger partial charge in [-0.1, -0.05) is 0 Å². The predicted octanol–water partition coefficient (Wildman–Crippen LogP) is 0.636. The van der Waals surface area contributed by atoms with E-state index in [0.717, 1.165) is 0 Å². The van der Waals surface area contributed by atoms with E-state index in [1.165, 1.54) is 0 Å². The Morgan fingerprint density at radius 3 is 2.12 bits per heavy atom. The number of carboxylic acids is 1. The smallest absolute Gasteiger partial charge is 0.375 e. The van der Waals surface area contributed by atoms with Crippen LogP contribution in [0.25, 0.3) is 0 Å². The van der Waals surface area contributed by atoms with E-state index >= 15 is 0 Å². The number of carboxylic acid groups (broad SMARTS) is 1. The Morgan fingerprint density at radius 2 is 2.12 bits per heavy atom. The highest BCUT2D eigenvalue weighted by Crippen LogP contribution is 2.13. The van der Waals surface area contributed by atoms with Crippen molar-refractivity contribution in [2.75, 3.05) is 5.75 Å². The van der Waals surface area contributed by atoms with Crippen molar-refractivity contribution < 1.29 is 18.7 Å². The minimum absolute atomic E-state index is 0.956. The molecule has 0 spiro atoms. The van der Waals surface area contributed by atoms with Crippen LogP contribution >= 0.6 is 12.6 Å². The van der Waals surface area contributed by atoms with E-state index in [1.54, 1.807) is 0 Å². The average Bonchev–Trinajstić information content (AvgIpc) is 1.67. The second-order valence-corrected chi connectivity index (χ2v) is 1.48. The first-order valence-corrected chi connectivity index (χ1v) is 2.36. The molecule has 0 fully saturated rings. The van der Waals surface area contributed by atoms with Crippen molar-refractivity contribution in [2.24, 2.45) is 0 Å². The maximum absolute atomic E-state index is 11.6. The molecule has 5 heteroatoms. The van der Waals surface area contributed by atoms with Crippen LogP contribution in [0, 0.1) is 0 Å². The molecule has 0 heterocycles. The van der Waals surface area contributed by atoms with Crippen LogP contribution in [0.2, 0.25) is 0 Å². The fraction of sp³-hybridized carbons (Fsp3) is 0.667. The first kappa shape index (κ1) is 7.68. The molecule has 8 heavy (non-hydrogen) atoms. The Labute approximate surface area is 49.9 Å². The van der Waals surface area contributed by atoms with Crippen LogP contribution in [0.4, 0.5) is 8.78 Å². The summed E-state index contributed by atoms with van der Waals surface area (Å²) in [6, 6.07) is 0. The Balaban J connectivity index is 3.91. The molecule has 0 saturated carbocycles. The summed E-state index contributed by atoms with van der Waals surface area (Å²) in [7, 11) is 0. The number of halogens is 2. The zero-order chi connectivity index (χ0) is 6.78. The van der Waals surface area contributed by atoms with Crippen molar-refractivity contribution in [1.29, 1.82) is 0 Å². The van der Waals surface area contributed by atoms with E-state index in [1.807, 2.05) is 0 Å². The summed E-state index contributed by atoms with van der Waals surface area (Å²) < 4.78 is 23.2. The topological polar surface area (TPSA) is 37.3 Å². The first-order chi connectivity index (χ1) is 3.50. The standard InChI is InChI=1S/C3H4F2O2S/c4-3(5,1-8)2(6)7/h8H,1H2,(H,6,7). The quantitative estimate of drug-likeness (QED) is 0.555. The van der Waals surface area contributed by atoms with Crippen molar-refractivity contribution in [1.82, 2.24) is 0 Å². The second kappa shape index (κ2) is 2.30. The van der Waals surface area contributed by atoms with Crippen molar-refractivity contribution in [3.05, 3.63) is 0 Å². The van der Waals surface area contributed by atoms with Gasteiger partial charge in [0.05, 0.1) is 5.75 Å². The summed E-state index contributed by atoms with van der Waals surface area (Å²) in [6.07, 6.45) is 0. The first-order valence-electron chi connectivity index (χ1n) is 1.73. The van der Waals surface area contributed by atoms with Gasteiger partial charge in [-0.15, -0.1) is 0 Å². The van der Waals surface area contributed by atoms with Crippen LogP contribution < -0.4 is 0 Å². The second-order valence-electron chi connectivity index (χ2n) is 1.17. The van der Waals surface area contributed by atoms with Gasteiger partial charge in [-0.05, 0) is 0 Å². The third kappa shape index (κ3) is 1.65. The number of carbonyl (C=O) groups is 1. The highest BCUT2D eigenvalue weighted by Gasteiger charge is 2.36. The van der Waals surface area contributed by atoms with Gasteiger partial charge in [-0.2, -0.15) is 21.4 Å². The summed E-state index contributed by atoms with van der Waals surface area (Å²) in [5.41, 5.74) is 0. The molecule has 0 aromatic carbocycles. The van der Waals surface area contributed by atoms with Crippen molar-refractivity contribution in [2.45, 2.75) is 5.92 Å². The highest BCUT2D eigenvalue weighted by atomic mass is 32.1. The van der Waals surface area contributed by atoms with Crippen molar-refractivity contribution in [3.63, 3.8) is 0 Å². The SMILES string of the molecule is O=C(O)C(F)(F)CS. The fourth-order valence-electron chi connectivity index (χ4n) is 0.0676. The monoisotopic (exact) mass is 142 g/mol. The van der Waals surface area contributed by atoms with E-state index in [-0.39, 0.29) is 0 Å². The van der Waals surface area contributed by atoms with Crippen molar-refractivity contribution in [3.8, 4) is 0 Å². The molecule has 0 amide bonds. The average molecular weight is 142 g/mol. The molecule has 0 bridgehead atoms. The molecule has 1 N–H and O–H groups in total. The van der Waals surface area contributed by atoms with E-state index in [2.05, 4.69) is 12.6 Å². The van der Waals surface area contributed by atoms with Crippen molar-refractivity contribution >= 4 is 18.6 Å². The number of aliphatic carboxylic acids is 1. The van der Waals surface area contributed by atoms with Gasteiger partial charge in [-0.25, -0.2) is 4.79 Å². The summed E-state index contributed by atoms with van der Waals surface area (Å²) in [5, 5.41) is 7.64. The summed E-state index contributed by atoms with van der Waals surface area (Å²) in [5.74, 6) is -6.77.